The van der Waals surface area contributed by atoms with E-state index in [-0.39, 0.29) is 0 Å². The Balaban J connectivity index is 1.84. The third-order valence-corrected chi connectivity index (χ3v) is 3.54. The van der Waals surface area contributed by atoms with E-state index in [9.17, 15) is 0 Å². The Morgan fingerprint density at radius 3 is 2.21 bits per heavy atom. The van der Waals surface area contributed by atoms with Crippen molar-refractivity contribution in [3.05, 3.63) is 0 Å². The Morgan fingerprint density at radius 2 is 1.64 bits per heavy atom. The smallest absolute Gasteiger partial charge is 0.0635 e. The van der Waals surface area contributed by atoms with Gasteiger partial charge in [-0.1, -0.05) is 19.3 Å². The molecular formula is C12H20N2. The highest BCUT2D eigenvalue weighted by molar-refractivity contribution is 4.91. The normalized spacial score (nSPS) is 23.7. The third kappa shape index (κ3) is 2.48. The van der Waals surface area contributed by atoms with E-state index in [4.69, 9.17) is 5.26 Å². The van der Waals surface area contributed by atoms with Crippen LogP contribution in [0.3, 0.4) is 0 Å². The quantitative estimate of drug-likeness (QED) is 0.684. The van der Waals surface area contributed by atoms with Crippen LogP contribution in [-0.4, -0.2) is 23.5 Å². The van der Waals surface area contributed by atoms with Crippen molar-refractivity contribution in [1.82, 2.24) is 4.90 Å². The highest BCUT2D eigenvalue weighted by atomic mass is 15.2. The van der Waals surface area contributed by atoms with Crippen LogP contribution in [0, 0.1) is 11.3 Å². The van der Waals surface area contributed by atoms with Gasteiger partial charge in [0.1, 0.15) is 0 Å². The molecule has 0 saturated heterocycles. The van der Waals surface area contributed by atoms with Crippen molar-refractivity contribution in [3.63, 3.8) is 0 Å². The summed E-state index contributed by atoms with van der Waals surface area (Å²) in [7, 11) is 0. The molecule has 0 unspecified atom stereocenters. The first-order valence-corrected chi connectivity index (χ1v) is 6.04. The molecule has 0 aromatic heterocycles. The predicted molar refractivity (Wildman–Crippen MR) is 56.8 cm³/mol. The highest BCUT2D eigenvalue weighted by Crippen LogP contribution is 2.33. The number of rotatable bonds is 4. The Bertz CT molecular complexity index is 209. The topological polar surface area (TPSA) is 27.0 Å². The van der Waals surface area contributed by atoms with Crippen LogP contribution in [0.1, 0.15) is 51.4 Å². The first kappa shape index (κ1) is 9.98. The second kappa shape index (κ2) is 4.79. The van der Waals surface area contributed by atoms with E-state index >= 15 is 0 Å². The van der Waals surface area contributed by atoms with Gasteiger partial charge in [-0.3, -0.25) is 4.90 Å². The summed E-state index contributed by atoms with van der Waals surface area (Å²) in [6, 6.07) is 3.93. The van der Waals surface area contributed by atoms with Crippen LogP contribution in [0.5, 0.6) is 0 Å². The van der Waals surface area contributed by atoms with Gasteiger partial charge in [-0.2, -0.15) is 5.26 Å². The highest BCUT2D eigenvalue weighted by Gasteiger charge is 2.33. The predicted octanol–water partition coefficient (Wildman–Crippen LogP) is 2.70. The van der Waals surface area contributed by atoms with Crippen LogP contribution >= 0.6 is 0 Å². The van der Waals surface area contributed by atoms with E-state index in [0.29, 0.717) is 6.42 Å². The van der Waals surface area contributed by atoms with Crippen molar-refractivity contribution in [2.75, 3.05) is 6.54 Å². The molecule has 0 N–H and O–H groups in total. The molecule has 2 rings (SSSR count). The molecule has 2 nitrogen and oxygen atoms in total. The van der Waals surface area contributed by atoms with Gasteiger partial charge in [-0.25, -0.2) is 0 Å². The Kier molecular flexibility index (Phi) is 3.42. The van der Waals surface area contributed by atoms with Crippen molar-refractivity contribution in [2.24, 2.45) is 0 Å². The minimum atomic E-state index is 0.715. The van der Waals surface area contributed by atoms with Gasteiger partial charge in [0.2, 0.25) is 0 Å². The van der Waals surface area contributed by atoms with Gasteiger partial charge < -0.3 is 0 Å². The lowest BCUT2D eigenvalue weighted by molar-refractivity contribution is 0.150. The van der Waals surface area contributed by atoms with E-state index in [1.165, 1.54) is 44.9 Å². The van der Waals surface area contributed by atoms with Gasteiger partial charge in [0.05, 0.1) is 6.07 Å². The second-order valence-electron chi connectivity index (χ2n) is 4.67. The summed E-state index contributed by atoms with van der Waals surface area (Å²) in [5.74, 6) is 0. The largest absolute Gasteiger partial charge is 0.296 e. The summed E-state index contributed by atoms with van der Waals surface area (Å²) in [5.41, 5.74) is 0. The van der Waals surface area contributed by atoms with E-state index in [1.54, 1.807) is 0 Å². The summed E-state index contributed by atoms with van der Waals surface area (Å²) in [6.45, 7) is 1.02. The van der Waals surface area contributed by atoms with E-state index < -0.39 is 0 Å². The van der Waals surface area contributed by atoms with Crippen LogP contribution in [0.25, 0.3) is 0 Å². The molecular weight excluding hydrogens is 172 g/mol. The van der Waals surface area contributed by atoms with Crippen molar-refractivity contribution < 1.29 is 0 Å². The molecule has 0 spiro atoms. The van der Waals surface area contributed by atoms with Crippen LogP contribution in [0.2, 0.25) is 0 Å². The first-order chi connectivity index (χ1) is 6.92. The maximum absolute atomic E-state index is 8.64. The summed E-state index contributed by atoms with van der Waals surface area (Å²) in [6.07, 6.45) is 10.5. The average Bonchev–Trinajstić information content (AvgIpc) is 3.04. The standard InChI is InChI=1S/C12H20N2/c13-9-4-10-14(12-7-8-12)11-5-2-1-3-6-11/h11-12H,1-8,10H2. The van der Waals surface area contributed by atoms with Crippen molar-refractivity contribution in [2.45, 2.75) is 63.5 Å². The van der Waals surface area contributed by atoms with Crippen molar-refractivity contribution >= 4 is 0 Å². The molecule has 0 heterocycles. The lowest BCUT2D eigenvalue weighted by Gasteiger charge is -2.34. The number of nitriles is 1. The second-order valence-corrected chi connectivity index (χ2v) is 4.67. The van der Waals surface area contributed by atoms with E-state index in [1.807, 2.05) is 0 Å². The zero-order valence-electron chi connectivity index (χ0n) is 8.91. The summed E-state index contributed by atoms with van der Waals surface area (Å²) in [4.78, 5) is 2.63. The van der Waals surface area contributed by atoms with Gasteiger partial charge in [0.25, 0.3) is 0 Å². The molecule has 0 aliphatic heterocycles. The fourth-order valence-corrected chi connectivity index (χ4v) is 2.66. The minimum Gasteiger partial charge on any atom is -0.296 e. The van der Waals surface area contributed by atoms with Gasteiger partial charge in [-0.05, 0) is 25.7 Å². The Morgan fingerprint density at radius 1 is 1.00 bits per heavy atom. The summed E-state index contributed by atoms with van der Waals surface area (Å²) < 4.78 is 0. The molecule has 2 fully saturated rings. The third-order valence-electron chi connectivity index (χ3n) is 3.54. The van der Waals surface area contributed by atoms with Gasteiger partial charge in [-0.15, -0.1) is 0 Å². The molecule has 0 aromatic rings. The first-order valence-electron chi connectivity index (χ1n) is 6.04. The Hall–Kier alpha value is -0.550. The van der Waals surface area contributed by atoms with E-state index in [0.717, 1.165) is 18.6 Å². The lowest BCUT2D eigenvalue weighted by atomic mass is 9.94. The van der Waals surface area contributed by atoms with E-state index in [2.05, 4.69) is 11.0 Å². The van der Waals surface area contributed by atoms with Gasteiger partial charge >= 0.3 is 0 Å². The molecule has 0 amide bonds. The molecule has 0 radical (unpaired) electrons. The van der Waals surface area contributed by atoms with Crippen molar-refractivity contribution in [1.29, 1.82) is 5.26 Å². The monoisotopic (exact) mass is 192 g/mol. The minimum absolute atomic E-state index is 0.715. The summed E-state index contributed by atoms with van der Waals surface area (Å²) in [5, 5.41) is 8.64. The molecule has 78 valence electrons. The molecule has 0 atom stereocenters. The average molecular weight is 192 g/mol. The number of hydrogen-bond acceptors (Lipinski definition) is 2. The van der Waals surface area contributed by atoms with Gasteiger partial charge in [0, 0.05) is 25.0 Å². The number of nitrogens with zero attached hydrogens (tertiary/aromatic N) is 2. The van der Waals surface area contributed by atoms with Crippen LogP contribution in [0.4, 0.5) is 0 Å². The molecule has 2 heteroatoms. The molecule has 2 aliphatic rings. The van der Waals surface area contributed by atoms with Gasteiger partial charge in [0.15, 0.2) is 0 Å². The maximum Gasteiger partial charge on any atom is 0.0635 e. The lowest BCUT2D eigenvalue weighted by Crippen LogP contribution is -2.39. The van der Waals surface area contributed by atoms with Crippen LogP contribution < -0.4 is 0 Å². The fourth-order valence-electron chi connectivity index (χ4n) is 2.66. The SMILES string of the molecule is N#CCCN(C1CCCCC1)C1CC1. The maximum atomic E-state index is 8.64. The zero-order chi connectivity index (χ0) is 9.80. The molecule has 2 aliphatic carbocycles. The molecule has 0 bridgehead atoms. The van der Waals surface area contributed by atoms with Crippen LogP contribution in [-0.2, 0) is 0 Å². The molecule has 14 heavy (non-hydrogen) atoms. The summed E-state index contributed by atoms with van der Waals surface area (Å²) >= 11 is 0. The zero-order valence-corrected chi connectivity index (χ0v) is 8.91. The number of hydrogen-bond donors (Lipinski definition) is 0. The van der Waals surface area contributed by atoms with Crippen molar-refractivity contribution in [3.8, 4) is 6.07 Å². The Labute approximate surface area is 86.9 Å². The molecule has 2 saturated carbocycles. The fraction of sp³-hybridized carbons (Fsp3) is 0.917. The van der Waals surface area contributed by atoms with Crippen LogP contribution in [0.15, 0.2) is 0 Å². The molecule has 0 aromatic carbocycles.